The number of carbonyl (C=O) groups is 1. The Balaban J connectivity index is 2.01. The highest BCUT2D eigenvalue weighted by molar-refractivity contribution is 7.99. The standard InChI is InChI=1S/C21H24F3NO2S/c1-14-4-2-3-5-17(14)15-6-8-16(9-7-15)18(21(22,23)24)10-12-28-13-11-19(25)20(26)27/h2-9,18-19H,10-13,25H2,1H3,(H,26,27). The van der Waals surface area contributed by atoms with Crippen LogP contribution in [0.5, 0.6) is 0 Å². The van der Waals surface area contributed by atoms with Gasteiger partial charge in [-0.1, -0.05) is 48.5 Å². The van der Waals surface area contributed by atoms with Crippen molar-refractivity contribution in [3.63, 3.8) is 0 Å². The van der Waals surface area contributed by atoms with E-state index < -0.39 is 24.1 Å². The molecule has 0 saturated carbocycles. The van der Waals surface area contributed by atoms with Gasteiger partial charge < -0.3 is 10.8 Å². The Labute approximate surface area is 167 Å². The fraction of sp³-hybridized carbons (Fsp3) is 0.381. The molecule has 0 aromatic heterocycles. The summed E-state index contributed by atoms with van der Waals surface area (Å²) in [6.45, 7) is 1.97. The number of benzene rings is 2. The molecule has 0 aliphatic heterocycles. The average Bonchev–Trinajstić information content (AvgIpc) is 2.64. The van der Waals surface area contributed by atoms with Gasteiger partial charge in [0.1, 0.15) is 6.04 Å². The molecule has 28 heavy (non-hydrogen) atoms. The van der Waals surface area contributed by atoms with E-state index in [0.717, 1.165) is 16.7 Å². The van der Waals surface area contributed by atoms with Crippen LogP contribution in [0.15, 0.2) is 48.5 Å². The molecule has 0 saturated heterocycles. The highest BCUT2D eigenvalue weighted by Crippen LogP contribution is 2.39. The van der Waals surface area contributed by atoms with Crippen LogP contribution in [0, 0.1) is 6.92 Å². The van der Waals surface area contributed by atoms with Gasteiger partial charge in [-0.2, -0.15) is 24.9 Å². The summed E-state index contributed by atoms with van der Waals surface area (Å²) in [6, 6.07) is 13.3. The van der Waals surface area contributed by atoms with Gasteiger partial charge in [0, 0.05) is 0 Å². The molecule has 0 aliphatic carbocycles. The number of alkyl halides is 3. The summed E-state index contributed by atoms with van der Waals surface area (Å²) in [5, 5.41) is 8.72. The molecule has 3 N–H and O–H groups in total. The molecule has 0 radical (unpaired) electrons. The molecule has 2 unspecified atom stereocenters. The van der Waals surface area contributed by atoms with Crippen molar-refractivity contribution in [1.29, 1.82) is 0 Å². The van der Waals surface area contributed by atoms with Crippen LogP contribution in [0.3, 0.4) is 0 Å². The van der Waals surface area contributed by atoms with E-state index in [0.29, 0.717) is 5.75 Å². The lowest BCUT2D eigenvalue weighted by Crippen LogP contribution is -2.30. The van der Waals surface area contributed by atoms with Gasteiger partial charge in [-0.3, -0.25) is 4.79 Å². The Hall–Kier alpha value is -1.99. The van der Waals surface area contributed by atoms with E-state index in [4.69, 9.17) is 10.8 Å². The highest BCUT2D eigenvalue weighted by Gasteiger charge is 2.40. The van der Waals surface area contributed by atoms with Gasteiger partial charge in [-0.05, 0) is 53.5 Å². The van der Waals surface area contributed by atoms with Crippen molar-refractivity contribution in [2.75, 3.05) is 11.5 Å². The van der Waals surface area contributed by atoms with E-state index >= 15 is 0 Å². The first-order valence-corrected chi connectivity index (χ1v) is 10.1. The largest absolute Gasteiger partial charge is 0.480 e. The van der Waals surface area contributed by atoms with E-state index in [1.807, 2.05) is 31.2 Å². The molecule has 152 valence electrons. The van der Waals surface area contributed by atoms with Gasteiger partial charge in [0.15, 0.2) is 0 Å². The molecule has 0 aliphatic rings. The van der Waals surface area contributed by atoms with Crippen LogP contribution in [0.2, 0.25) is 0 Å². The number of aryl methyl sites for hydroxylation is 1. The summed E-state index contributed by atoms with van der Waals surface area (Å²) in [6.07, 6.45) is -4.15. The number of nitrogens with two attached hydrogens (primary N) is 1. The molecular formula is C21H24F3NO2S. The number of halogens is 3. The Morgan fingerprint density at radius 2 is 1.68 bits per heavy atom. The molecule has 0 amide bonds. The lowest BCUT2D eigenvalue weighted by Gasteiger charge is -2.21. The predicted octanol–water partition coefficient (Wildman–Crippen LogP) is 5.23. The lowest BCUT2D eigenvalue weighted by molar-refractivity contribution is -0.150. The smallest absolute Gasteiger partial charge is 0.395 e. The van der Waals surface area contributed by atoms with Crippen LogP contribution < -0.4 is 5.73 Å². The molecule has 0 heterocycles. The second-order valence-corrected chi connectivity index (χ2v) is 7.89. The Morgan fingerprint density at radius 1 is 1.07 bits per heavy atom. The molecule has 7 heteroatoms. The van der Waals surface area contributed by atoms with E-state index in [-0.39, 0.29) is 24.2 Å². The molecular weight excluding hydrogens is 387 g/mol. The number of aliphatic carboxylic acids is 1. The normalized spacial score (nSPS) is 13.9. The topological polar surface area (TPSA) is 63.3 Å². The molecule has 0 spiro atoms. The van der Waals surface area contributed by atoms with Crippen molar-refractivity contribution < 1.29 is 23.1 Å². The third kappa shape index (κ3) is 6.27. The first-order valence-electron chi connectivity index (χ1n) is 8.99. The summed E-state index contributed by atoms with van der Waals surface area (Å²) < 4.78 is 40.6. The van der Waals surface area contributed by atoms with Gasteiger partial charge in [0.2, 0.25) is 0 Å². The molecule has 0 fully saturated rings. The van der Waals surface area contributed by atoms with Gasteiger partial charge >= 0.3 is 12.1 Å². The number of rotatable bonds is 9. The molecule has 0 bridgehead atoms. The van der Waals surface area contributed by atoms with Gasteiger partial charge in [0.25, 0.3) is 0 Å². The summed E-state index contributed by atoms with van der Waals surface area (Å²) >= 11 is 1.30. The van der Waals surface area contributed by atoms with Crippen molar-refractivity contribution >= 4 is 17.7 Å². The lowest BCUT2D eigenvalue weighted by atomic mass is 9.93. The molecule has 2 aromatic carbocycles. The summed E-state index contributed by atoms with van der Waals surface area (Å²) in [5.41, 5.74) is 8.60. The number of carboxylic acid groups (broad SMARTS) is 1. The molecule has 2 rings (SSSR count). The SMILES string of the molecule is Cc1ccccc1-c1ccc(C(CCSCCC(N)C(=O)O)C(F)(F)F)cc1. The minimum atomic E-state index is -4.33. The Morgan fingerprint density at radius 3 is 2.25 bits per heavy atom. The van der Waals surface area contributed by atoms with E-state index in [1.165, 1.54) is 11.8 Å². The van der Waals surface area contributed by atoms with Crippen molar-refractivity contribution in [3.05, 3.63) is 59.7 Å². The third-order valence-electron chi connectivity index (χ3n) is 4.61. The highest BCUT2D eigenvalue weighted by atomic mass is 32.2. The maximum Gasteiger partial charge on any atom is 0.395 e. The van der Waals surface area contributed by atoms with Crippen molar-refractivity contribution in [2.24, 2.45) is 5.73 Å². The van der Waals surface area contributed by atoms with Crippen LogP contribution in [-0.2, 0) is 4.79 Å². The van der Waals surface area contributed by atoms with Crippen molar-refractivity contribution in [3.8, 4) is 11.1 Å². The summed E-state index contributed by atoms with van der Waals surface area (Å²) in [4.78, 5) is 10.7. The van der Waals surface area contributed by atoms with E-state index in [9.17, 15) is 18.0 Å². The van der Waals surface area contributed by atoms with Crippen LogP contribution in [0.25, 0.3) is 11.1 Å². The minimum absolute atomic E-state index is 0.0554. The molecule has 3 nitrogen and oxygen atoms in total. The first kappa shape index (κ1) is 22.3. The second-order valence-electron chi connectivity index (χ2n) is 6.67. The quantitative estimate of drug-likeness (QED) is 0.555. The average molecular weight is 411 g/mol. The zero-order valence-electron chi connectivity index (χ0n) is 15.6. The number of hydrogen-bond donors (Lipinski definition) is 2. The number of carboxylic acids is 1. The monoisotopic (exact) mass is 411 g/mol. The Bertz CT molecular complexity index is 778. The minimum Gasteiger partial charge on any atom is -0.480 e. The van der Waals surface area contributed by atoms with Crippen LogP contribution in [0.4, 0.5) is 13.2 Å². The zero-order chi connectivity index (χ0) is 20.7. The van der Waals surface area contributed by atoms with E-state index in [2.05, 4.69) is 0 Å². The first-order chi connectivity index (χ1) is 13.2. The Kier molecular flexibility index (Phi) is 7.95. The summed E-state index contributed by atoms with van der Waals surface area (Å²) in [5.74, 6) is -1.93. The third-order valence-corrected chi connectivity index (χ3v) is 5.65. The molecule has 2 aromatic rings. The van der Waals surface area contributed by atoms with Crippen molar-refractivity contribution in [2.45, 2.75) is 37.9 Å². The maximum absolute atomic E-state index is 13.5. The zero-order valence-corrected chi connectivity index (χ0v) is 16.4. The van der Waals surface area contributed by atoms with Crippen LogP contribution in [0.1, 0.15) is 29.9 Å². The van der Waals surface area contributed by atoms with Crippen LogP contribution >= 0.6 is 11.8 Å². The summed E-state index contributed by atoms with van der Waals surface area (Å²) in [7, 11) is 0. The number of thioether (sulfide) groups is 1. The van der Waals surface area contributed by atoms with Crippen molar-refractivity contribution in [1.82, 2.24) is 0 Å². The number of hydrogen-bond acceptors (Lipinski definition) is 3. The second kappa shape index (κ2) is 9.98. The van der Waals surface area contributed by atoms with Gasteiger partial charge in [0.05, 0.1) is 5.92 Å². The van der Waals surface area contributed by atoms with Gasteiger partial charge in [-0.25, -0.2) is 0 Å². The fourth-order valence-corrected chi connectivity index (χ4v) is 3.98. The maximum atomic E-state index is 13.5. The van der Waals surface area contributed by atoms with Gasteiger partial charge in [-0.15, -0.1) is 0 Å². The predicted molar refractivity (Wildman–Crippen MR) is 108 cm³/mol. The van der Waals surface area contributed by atoms with Crippen LogP contribution in [-0.4, -0.2) is 34.8 Å². The molecule has 2 atom stereocenters. The fourth-order valence-electron chi connectivity index (χ4n) is 2.95. The van der Waals surface area contributed by atoms with E-state index in [1.54, 1.807) is 24.3 Å².